The lowest BCUT2D eigenvalue weighted by atomic mass is 9.72. The fraction of sp³-hybridized carbons (Fsp3) is 0.346. The highest BCUT2D eigenvalue weighted by Crippen LogP contribution is 2.43. The van der Waals surface area contributed by atoms with Crippen LogP contribution in [0.2, 0.25) is 0 Å². The number of carbonyl (C=O) groups is 3. The number of fused-ring (bicyclic) bond motifs is 1. The minimum absolute atomic E-state index is 0.0604. The maximum Gasteiger partial charge on any atom is 0.325 e. The van der Waals surface area contributed by atoms with Crippen molar-refractivity contribution in [3.63, 3.8) is 0 Å². The Labute approximate surface area is 197 Å². The number of amides is 1. The Bertz CT molecular complexity index is 1160. The Hall–Kier alpha value is -3.68. The van der Waals surface area contributed by atoms with E-state index >= 15 is 4.39 Å². The summed E-state index contributed by atoms with van der Waals surface area (Å²) in [5.74, 6) is -3.94. The molecular weight excluding hydrogens is 441 g/mol. The SMILES string of the molecule is CC(C)(C)OC(=O)CNC(=O)C1=C(O)C(C)(C)c2c(ccc(OCc3ccccc3)c2F)C1=O. The molecule has 0 saturated heterocycles. The number of Topliss-reactive ketones (excluding diaryl/α,β-unsaturated/α-hetero) is 1. The van der Waals surface area contributed by atoms with Gasteiger partial charge in [0.1, 0.15) is 30.1 Å². The lowest BCUT2D eigenvalue weighted by Crippen LogP contribution is -2.41. The number of esters is 1. The van der Waals surface area contributed by atoms with Crippen LogP contribution in [0.3, 0.4) is 0 Å². The molecule has 0 heterocycles. The highest BCUT2D eigenvalue weighted by Gasteiger charge is 2.44. The molecule has 2 N–H and O–H groups in total. The topological polar surface area (TPSA) is 102 Å². The zero-order chi connectivity index (χ0) is 25.3. The molecule has 1 amide bonds. The Balaban J connectivity index is 1.86. The standard InChI is InChI=1S/C26H28FNO6/c1-25(2,3)34-18(29)13-28-24(32)19-22(30)16-11-12-17(33-14-15-9-7-6-8-10-15)21(27)20(16)26(4,5)23(19)31/h6-12,31H,13-14H2,1-5H3,(H,28,32). The third-order valence-corrected chi connectivity index (χ3v) is 5.31. The molecule has 180 valence electrons. The molecule has 34 heavy (non-hydrogen) atoms. The summed E-state index contributed by atoms with van der Waals surface area (Å²) in [7, 11) is 0. The van der Waals surface area contributed by atoms with Gasteiger partial charge in [0.25, 0.3) is 5.91 Å². The van der Waals surface area contributed by atoms with Crippen molar-refractivity contribution >= 4 is 17.7 Å². The molecule has 0 radical (unpaired) electrons. The molecule has 8 heteroatoms. The number of aliphatic hydroxyl groups is 1. The summed E-state index contributed by atoms with van der Waals surface area (Å²) in [6, 6.07) is 11.9. The first-order chi connectivity index (χ1) is 15.8. The maximum atomic E-state index is 15.5. The van der Waals surface area contributed by atoms with Crippen LogP contribution in [0.5, 0.6) is 5.75 Å². The molecule has 1 aliphatic rings. The van der Waals surface area contributed by atoms with Crippen LogP contribution < -0.4 is 10.1 Å². The van der Waals surface area contributed by atoms with Gasteiger partial charge in [0.05, 0.1) is 5.41 Å². The molecule has 7 nitrogen and oxygen atoms in total. The van der Waals surface area contributed by atoms with Crippen LogP contribution >= 0.6 is 0 Å². The zero-order valence-corrected chi connectivity index (χ0v) is 19.8. The lowest BCUT2D eigenvalue weighted by Gasteiger charge is -2.33. The van der Waals surface area contributed by atoms with Gasteiger partial charge in [-0.1, -0.05) is 30.3 Å². The molecule has 1 aliphatic carbocycles. The van der Waals surface area contributed by atoms with E-state index < -0.39 is 52.4 Å². The summed E-state index contributed by atoms with van der Waals surface area (Å²) in [5, 5.41) is 13.1. The van der Waals surface area contributed by atoms with Crippen molar-refractivity contribution in [2.75, 3.05) is 6.54 Å². The van der Waals surface area contributed by atoms with Crippen LogP contribution in [0.15, 0.2) is 53.8 Å². The van der Waals surface area contributed by atoms with Gasteiger partial charge in [-0.25, -0.2) is 4.39 Å². The first-order valence-electron chi connectivity index (χ1n) is 10.8. The average Bonchev–Trinajstić information content (AvgIpc) is 2.75. The molecule has 3 rings (SSSR count). The van der Waals surface area contributed by atoms with Gasteiger partial charge >= 0.3 is 5.97 Å². The molecule has 0 spiro atoms. The number of allylic oxidation sites excluding steroid dienone is 1. The highest BCUT2D eigenvalue weighted by molar-refractivity contribution is 6.27. The van der Waals surface area contributed by atoms with E-state index in [9.17, 15) is 19.5 Å². The van der Waals surface area contributed by atoms with E-state index in [1.165, 1.54) is 26.0 Å². The quantitative estimate of drug-likeness (QED) is 0.487. The number of aliphatic hydroxyl groups excluding tert-OH is 1. The number of halogens is 1. The van der Waals surface area contributed by atoms with Gasteiger partial charge < -0.3 is 19.9 Å². The van der Waals surface area contributed by atoms with Crippen molar-refractivity contribution in [3.8, 4) is 5.75 Å². The molecular formula is C26H28FNO6. The predicted octanol–water partition coefficient (Wildman–Crippen LogP) is 4.15. The van der Waals surface area contributed by atoms with Crippen molar-refractivity contribution in [2.24, 2.45) is 0 Å². The summed E-state index contributed by atoms with van der Waals surface area (Å²) in [6.45, 7) is 7.66. The highest BCUT2D eigenvalue weighted by atomic mass is 19.1. The minimum Gasteiger partial charge on any atom is -0.510 e. The maximum absolute atomic E-state index is 15.5. The van der Waals surface area contributed by atoms with Crippen LogP contribution in [-0.4, -0.2) is 34.9 Å². The average molecular weight is 470 g/mol. The van der Waals surface area contributed by atoms with Gasteiger partial charge in [-0.15, -0.1) is 0 Å². The van der Waals surface area contributed by atoms with Crippen molar-refractivity contribution in [2.45, 2.75) is 52.2 Å². The second kappa shape index (κ2) is 9.29. The van der Waals surface area contributed by atoms with Crippen LogP contribution in [0.25, 0.3) is 0 Å². The van der Waals surface area contributed by atoms with Crippen LogP contribution in [-0.2, 0) is 26.3 Å². The van der Waals surface area contributed by atoms with E-state index in [1.54, 1.807) is 20.8 Å². The van der Waals surface area contributed by atoms with E-state index in [0.29, 0.717) is 0 Å². The molecule has 0 unspecified atom stereocenters. The summed E-state index contributed by atoms with van der Waals surface area (Å²) in [6.07, 6.45) is 0. The molecule has 0 aromatic heterocycles. The van der Waals surface area contributed by atoms with Crippen molar-refractivity contribution in [1.82, 2.24) is 5.32 Å². The molecule has 0 aliphatic heterocycles. The smallest absolute Gasteiger partial charge is 0.325 e. The van der Waals surface area contributed by atoms with E-state index in [-0.39, 0.29) is 23.5 Å². The molecule has 2 aromatic rings. The van der Waals surface area contributed by atoms with Gasteiger partial charge in [0.15, 0.2) is 11.6 Å². The molecule has 0 fully saturated rings. The van der Waals surface area contributed by atoms with E-state index in [4.69, 9.17) is 9.47 Å². The Kier molecular flexibility index (Phi) is 6.82. The van der Waals surface area contributed by atoms with Crippen LogP contribution in [0.1, 0.15) is 56.1 Å². The predicted molar refractivity (Wildman–Crippen MR) is 123 cm³/mol. The van der Waals surface area contributed by atoms with Gasteiger partial charge in [-0.2, -0.15) is 0 Å². The van der Waals surface area contributed by atoms with E-state index in [0.717, 1.165) is 5.56 Å². The van der Waals surface area contributed by atoms with Gasteiger partial charge in [-0.05, 0) is 52.3 Å². The summed E-state index contributed by atoms with van der Waals surface area (Å²) >= 11 is 0. The number of rotatable bonds is 6. The number of hydrogen-bond donors (Lipinski definition) is 2. The fourth-order valence-electron chi connectivity index (χ4n) is 3.71. The van der Waals surface area contributed by atoms with Crippen LogP contribution in [0, 0.1) is 5.82 Å². The summed E-state index contributed by atoms with van der Waals surface area (Å²) in [5.41, 5.74) is -1.99. The van der Waals surface area contributed by atoms with Crippen molar-refractivity contribution in [1.29, 1.82) is 0 Å². The van der Waals surface area contributed by atoms with E-state index in [2.05, 4.69) is 5.32 Å². The second-order valence-electron chi connectivity index (χ2n) is 9.52. The Morgan fingerprint density at radius 1 is 1.09 bits per heavy atom. The third-order valence-electron chi connectivity index (χ3n) is 5.31. The van der Waals surface area contributed by atoms with Gasteiger partial charge in [-0.3, -0.25) is 14.4 Å². The van der Waals surface area contributed by atoms with Crippen molar-refractivity contribution in [3.05, 3.63) is 76.3 Å². The summed E-state index contributed by atoms with van der Waals surface area (Å²) in [4.78, 5) is 37.7. The minimum atomic E-state index is -1.40. The first kappa shape index (κ1) is 25.0. The number of ether oxygens (including phenoxy) is 2. The number of benzene rings is 2. The van der Waals surface area contributed by atoms with E-state index in [1.807, 2.05) is 30.3 Å². The van der Waals surface area contributed by atoms with Gasteiger partial charge in [0.2, 0.25) is 5.78 Å². The molecule has 2 aromatic carbocycles. The normalized spacial score (nSPS) is 14.9. The number of hydrogen-bond acceptors (Lipinski definition) is 6. The first-order valence-corrected chi connectivity index (χ1v) is 10.8. The zero-order valence-electron chi connectivity index (χ0n) is 19.8. The lowest BCUT2D eigenvalue weighted by molar-refractivity contribution is -0.154. The largest absolute Gasteiger partial charge is 0.510 e. The molecule has 0 saturated carbocycles. The molecule has 0 bridgehead atoms. The van der Waals surface area contributed by atoms with Crippen LogP contribution in [0.4, 0.5) is 4.39 Å². The van der Waals surface area contributed by atoms with Crippen molar-refractivity contribution < 1.29 is 33.4 Å². The second-order valence-corrected chi connectivity index (χ2v) is 9.52. The third kappa shape index (κ3) is 5.11. The number of carbonyl (C=O) groups excluding carboxylic acids is 3. The molecule has 0 atom stereocenters. The Morgan fingerprint density at radius 2 is 1.74 bits per heavy atom. The number of ketones is 1. The monoisotopic (exact) mass is 469 g/mol. The Morgan fingerprint density at radius 3 is 2.35 bits per heavy atom. The number of nitrogens with one attached hydrogen (secondary N) is 1. The van der Waals surface area contributed by atoms with Gasteiger partial charge in [0, 0.05) is 11.1 Å². The summed E-state index contributed by atoms with van der Waals surface area (Å²) < 4.78 is 26.2. The fourth-order valence-corrected chi connectivity index (χ4v) is 3.71.